The number of nitrogens with one attached hydrogen (secondary N) is 2. The monoisotopic (exact) mass is 288 g/mol. The third-order valence-corrected chi connectivity index (χ3v) is 2.79. The van der Waals surface area contributed by atoms with E-state index >= 15 is 0 Å². The minimum Gasteiger partial charge on any atom is -0.326 e. The number of hydrogen-bond acceptors (Lipinski definition) is 2. The van der Waals surface area contributed by atoms with Crippen LogP contribution in [0.3, 0.4) is 0 Å². The molecule has 0 spiro atoms. The lowest BCUT2D eigenvalue weighted by atomic mass is 10.2. The molecule has 0 fully saturated rings. The predicted octanol–water partition coefficient (Wildman–Crippen LogP) is 3.55. The van der Waals surface area contributed by atoms with Gasteiger partial charge in [-0.2, -0.15) is 0 Å². The van der Waals surface area contributed by atoms with E-state index in [1.165, 1.54) is 6.92 Å². The number of hydrogen-bond donors (Lipinski definition) is 2. The van der Waals surface area contributed by atoms with E-state index in [0.29, 0.717) is 22.0 Å². The van der Waals surface area contributed by atoms with Crippen LogP contribution >= 0.6 is 11.6 Å². The van der Waals surface area contributed by atoms with Crippen molar-refractivity contribution in [2.75, 3.05) is 10.6 Å². The van der Waals surface area contributed by atoms with Crippen molar-refractivity contribution in [1.29, 1.82) is 0 Å². The maximum atomic E-state index is 12.0. The van der Waals surface area contributed by atoms with E-state index in [0.717, 1.165) is 0 Å². The largest absolute Gasteiger partial charge is 0.326 e. The fraction of sp³-hybridized carbons (Fsp3) is 0.0667. The van der Waals surface area contributed by atoms with E-state index < -0.39 is 0 Å². The number of anilines is 2. The van der Waals surface area contributed by atoms with Crippen LogP contribution in [0.25, 0.3) is 0 Å². The highest BCUT2D eigenvalue weighted by molar-refractivity contribution is 6.31. The molecule has 0 aromatic heterocycles. The fourth-order valence-electron chi connectivity index (χ4n) is 1.67. The molecule has 102 valence electrons. The number of carbonyl (C=O) groups is 2. The molecular weight excluding hydrogens is 276 g/mol. The molecule has 4 nitrogen and oxygen atoms in total. The highest BCUT2D eigenvalue weighted by Gasteiger charge is 2.06. The van der Waals surface area contributed by atoms with E-state index in [-0.39, 0.29) is 11.8 Å². The van der Waals surface area contributed by atoms with Gasteiger partial charge < -0.3 is 10.6 Å². The second kappa shape index (κ2) is 6.21. The Balaban J connectivity index is 2.06. The van der Waals surface area contributed by atoms with Crippen molar-refractivity contribution in [1.82, 2.24) is 0 Å². The molecule has 0 bridgehead atoms. The Morgan fingerprint density at radius 2 is 1.55 bits per heavy atom. The molecule has 2 aromatic carbocycles. The normalized spacial score (nSPS) is 9.90. The van der Waals surface area contributed by atoms with Gasteiger partial charge in [0.05, 0.1) is 0 Å². The van der Waals surface area contributed by atoms with Crippen molar-refractivity contribution in [3.63, 3.8) is 0 Å². The van der Waals surface area contributed by atoms with Crippen molar-refractivity contribution < 1.29 is 9.59 Å². The Morgan fingerprint density at radius 1 is 0.950 bits per heavy atom. The Bertz CT molecular complexity index is 639. The second-order valence-corrected chi connectivity index (χ2v) is 4.66. The first-order valence-electron chi connectivity index (χ1n) is 5.99. The molecule has 5 heteroatoms. The van der Waals surface area contributed by atoms with Gasteiger partial charge in [-0.15, -0.1) is 0 Å². The van der Waals surface area contributed by atoms with Crippen LogP contribution in [-0.4, -0.2) is 11.8 Å². The summed E-state index contributed by atoms with van der Waals surface area (Å²) in [5.74, 6) is -0.375. The van der Waals surface area contributed by atoms with Crippen molar-refractivity contribution >= 4 is 34.8 Å². The molecule has 2 N–H and O–H groups in total. The van der Waals surface area contributed by atoms with Gasteiger partial charge in [0.2, 0.25) is 5.91 Å². The first kappa shape index (κ1) is 14.1. The van der Waals surface area contributed by atoms with Gasteiger partial charge in [0.15, 0.2) is 0 Å². The van der Waals surface area contributed by atoms with Crippen LogP contribution in [0.1, 0.15) is 17.3 Å². The molecule has 0 atom stereocenters. The maximum absolute atomic E-state index is 12.0. The van der Waals surface area contributed by atoms with Gasteiger partial charge in [-0.3, -0.25) is 9.59 Å². The van der Waals surface area contributed by atoms with E-state index in [1.807, 2.05) is 0 Å². The average Bonchev–Trinajstić information content (AvgIpc) is 2.40. The molecule has 2 amide bonds. The van der Waals surface area contributed by atoms with Crippen LogP contribution in [-0.2, 0) is 4.79 Å². The second-order valence-electron chi connectivity index (χ2n) is 4.22. The van der Waals surface area contributed by atoms with Gasteiger partial charge in [-0.1, -0.05) is 17.7 Å². The summed E-state index contributed by atoms with van der Waals surface area (Å²) in [6.07, 6.45) is 0. The minimum absolute atomic E-state index is 0.138. The van der Waals surface area contributed by atoms with Crippen molar-refractivity contribution in [2.24, 2.45) is 0 Å². The van der Waals surface area contributed by atoms with Crippen LogP contribution in [0.15, 0.2) is 48.5 Å². The average molecular weight is 289 g/mol. The summed E-state index contributed by atoms with van der Waals surface area (Å²) in [4.78, 5) is 22.9. The van der Waals surface area contributed by atoms with E-state index in [1.54, 1.807) is 48.5 Å². The topological polar surface area (TPSA) is 58.2 Å². The van der Waals surface area contributed by atoms with Crippen molar-refractivity contribution in [2.45, 2.75) is 6.92 Å². The fourth-order valence-corrected chi connectivity index (χ4v) is 1.86. The van der Waals surface area contributed by atoms with E-state index in [9.17, 15) is 9.59 Å². The molecule has 0 aliphatic heterocycles. The smallest absolute Gasteiger partial charge is 0.255 e. The van der Waals surface area contributed by atoms with Gasteiger partial charge in [0.1, 0.15) is 0 Å². The van der Waals surface area contributed by atoms with Crippen LogP contribution in [0.4, 0.5) is 11.4 Å². The summed E-state index contributed by atoms with van der Waals surface area (Å²) in [5, 5.41) is 5.92. The molecule has 20 heavy (non-hydrogen) atoms. The zero-order chi connectivity index (χ0) is 14.5. The molecule has 0 radical (unpaired) electrons. The van der Waals surface area contributed by atoms with Gasteiger partial charge in [-0.25, -0.2) is 0 Å². The Kier molecular flexibility index (Phi) is 4.38. The molecule has 0 aliphatic carbocycles. The zero-order valence-electron chi connectivity index (χ0n) is 10.8. The standard InChI is InChI=1S/C15H13ClN2O2/c1-10(19)17-13-5-7-14(8-6-13)18-15(20)11-3-2-4-12(16)9-11/h2-9H,1H3,(H,17,19)(H,18,20). The number of benzene rings is 2. The molecule has 2 aromatic rings. The van der Waals surface area contributed by atoms with Crippen molar-refractivity contribution in [3.05, 3.63) is 59.1 Å². The predicted molar refractivity (Wildman–Crippen MR) is 80.2 cm³/mol. The van der Waals surface area contributed by atoms with Gasteiger partial charge in [0, 0.05) is 28.9 Å². The lowest BCUT2D eigenvalue weighted by Gasteiger charge is -2.07. The SMILES string of the molecule is CC(=O)Nc1ccc(NC(=O)c2cccc(Cl)c2)cc1. The van der Waals surface area contributed by atoms with Crippen LogP contribution < -0.4 is 10.6 Å². The Morgan fingerprint density at radius 3 is 2.10 bits per heavy atom. The minimum atomic E-state index is -0.236. The molecular formula is C15H13ClN2O2. The lowest BCUT2D eigenvalue weighted by molar-refractivity contribution is -0.114. The number of rotatable bonds is 3. The van der Waals surface area contributed by atoms with Crippen LogP contribution in [0.5, 0.6) is 0 Å². The summed E-state index contributed by atoms with van der Waals surface area (Å²) in [5.41, 5.74) is 1.81. The first-order valence-corrected chi connectivity index (χ1v) is 6.37. The number of halogens is 1. The Hall–Kier alpha value is -2.33. The quantitative estimate of drug-likeness (QED) is 0.907. The molecule has 0 saturated carbocycles. The lowest BCUT2D eigenvalue weighted by Crippen LogP contribution is -2.12. The third-order valence-electron chi connectivity index (χ3n) is 2.55. The summed E-state index contributed by atoms with van der Waals surface area (Å²) in [6.45, 7) is 1.44. The zero-order valence-corrected chi connectivity index (χ0v) is 11.6. The highest BCUT2D eigenvalue weighted by atomic mass is 35.5. The third kappa shape index (κ3) is 3.83. The molecule has 2 rings (SSSR count). The van der Waals surface area contributed by atoms with Gasteiger partial charge in [-0.05, 0) is 42.5 Å². The number of amides is 2. The summed E-state index contributed by atoms with van der Waals surface area (Å²) in [6, 6.07) is 13.6. The summed E-state index contributed by atoms with van der Waals surface area (Å²) >= 11 is 5.84. The molecule has 0 aliphatic rings. The van der Waals surface area contributed by atoms with Gasteiger partial charge in [0.25, 0.3) is 5.91 Å². The summed E-state index contributed by atoms with van der Waals surface area (Å²) in [7, 11) is 0. The maximum Gasteiger partial charge on any atom is 0.255 e. The molecule has 0 saturated heterocycles. The van der Waals surface area contributed by atoms with Gasteiger partial charge >= 0.3 is 0 Å². The Labute approximate surface area is 121 Å². The molecule has 0 heterocycles. The van der Waals surface area contributed by atoms with E-state index in [2.05, 4.69) is 10.6 Å². The van der Waals surface area contributed by atoms with Crippen molar-refractivity contribution in [3.8, 4) is 0 Å². The molecule has 0 unspecified atom stereocenters. The summed E-state index contributed by atoms with van der Waals surface area (Å²) < 4.78 is 0. The highest BCUT2D eigenvalue weighted by Crippen LogP contribution is 2.16. The van der Waals surface area contributed by atoms with Crippen LogP contribution in [0, 0.1) is 0 Å². The van der Waals surface area contributed by atoms with Crippen LogP contribution in [0.2, 0.25) is 5.02 Å². The first-order chi connectivity index (χ1) is 9.54. The number of carbonyl (C=O) groups excluding carboxylic acids is 2. The van der Waals surface area contributed by atoms with E-state index in [4.69, 9.17) is 11.6 Å².